The first-order valence-electron chi connectivity index (χ1n) is 8.84. The van der Waals surface area contributed by atoms with Crippen molar-refractivity contribution in [2.24, 2.45) is 5.92 Å². The summed E-state index contributed by atoms with van der Waals surface area (Å²) in [5, 5.41) is 13.9. The number of amides is 1. The number of hydrogen-bond acceptors (Lipinski definition) is 4. The number of fused-ring (bicyclic) bond motifs is 1. The minimum Gasteiger partial charge on any atom is -0.396 e. The second kappa shape index (κ2) is 7.99. The Morgan fingerprint density at radius 2 is 2.16 bits per heavy atom. The number of rotatable bonds is 7. The first kappa shape index (κ1) is 17.9. The second-order valence-electron chi connectivity index (χ2n) is 6.70. The summed E-state index contributed by atoms with van der Waals surface area (Å²) < 4.78 is 7.14. The number of nitrogens with one attached hydrogen (secondary N) is 1. The van der Waals surface area contributed by atoms with Gasteiger partial charge in [0, 0.05) is 69.0 Å². The van der Waals surface area contributed by atoms with Gasteiger partial charge in [0.05, 0.1) is 0 Å². The lowest BCUT2D eigenvalue weighted by Crippen LogP contribution is -2.43. The number of nitrogens with zero attached hydrogens (tertiary/aromatic N) is 2. The van der Waals surface area contributed by atoms with Gasteiger partial charge in [-0.15, -0.1) is 0 Å². The summed E-state index contributed by atoms with van der Waals surface area (Å²) in [5.74, 6) is -0.0734. The Kier molecular flexibility index (Phi) is 5.73. The third kappa shape index (κ3) is 3.86. The number of carbonyl (C=O) groups is 1. The molecule has 3 rings (SSSR count). The molecule has 0 unspecified atom stereocenters. The first-order valence-corrected chi connectivity index (χ1v) is 8.84. The molecule has 0 radical (unpaired) electrons. The van der Waals surface area contributed by atoms with E-state index in [1.807, 2.05) is 0 Å². The molecule has 1 fully saturated rings. The molecule has 2 aromatic rings. The Morgan fingerprint density at radius 1 is 1.36 bits per heavy atom. The first-order chi connectivity index (χ1) is 12.2. The summed E-state index contributed by atoms with van der Waals surface area (Å²) in [6.07, 6.45) is 2.22. The topological polar surface area (TPSA) is 66.7 Å². The van der Waals surface area contributed by atoms with Crippen molar-refractivity contribution in [1.82, 2.24) is 14.8 Å². The summed E-state index contributed by atoms with van der Waals surface area (Å²) >= 11 is 0. The van der Waals surface area contributed by atoms with Gasteiger partial charge in [-0.25, -0.2) is 0 Å². The second-order valence-corrected chi connectivity index (χ2v) is 6.70. The minimum atomic E-state index is -0.129. The standard InChI is InChI=1S/C19H27N3O3/c1-3-22-10-14(16-6-4-5-7-18(16)22)8-21-9-15(12-23)17(11-21)20-19(24)13-25-2/h4-7,10,15,17,23H,3,8-9,11-13H2,1-2H3,(H,20,24)/t15-,17+/m0/s1. The zero-order chi connectivity index (χ0) is 17.8. The molecule has 6 heteroatoms. The van der Waals surface area contributed by atoms with Gasteiger partial charge in [-0.1, -0.05) is 18.2 Å². The van der Waals surface area contributed by atoms with Crippen molar-refractivity contribution in [2.75, 3.05) is 33.4 Å². The quantitative estimate of drug-likeness (QED) is 0.792. The molecule has 0 spiro atoms. The van der Waals surface area contributed by atoms with Crippen LogP contribution in [0, 0.1) is 5.92 Å². The van der Waals surface area contributed by atoms with Crippen molar-refractivity contribution in [3.8, 4) is 0 Å². The van der Waals surface area contributed by atoms with E-state index in [4.69, 9.17) is 4.74 Å². The predicted octanol–water partition coefficient (Wildman–Crippen LogP) is 1.22. The molecule has 6 nitrogen and oxygen atoms in total. The molecule has 0 bridgehead atoms. The highest BCUT2D eigenvalue weighted by Gasteiger charge is 2.33. The highest BCUT2D eigenvalue weighted by atomic mass is 16.5. The molecular formula is C19H27N3O3. The van der Waals surface area contributed by atoms with Crippen molar-refractivity contribution in [2.45, 2.75) is 26.1 Å². The maximum Gasteiger partial charge on any atom is 0.246 e. The monoisotopic (exact) mass is 345 g/mol. The number of likely N-dealkylation sites (tertiary alicyclic amines) is 1. The number of carbonyl (C=O) groups excluding carboxylic acids is 1. The lowest BCUT2D eigenvalue weighted by atomic mass is 10.1. The number of aliphatic hydroxyl groups is 1. The van der Waals surface area contributed by atoms with Crippen LogP contribution in [0.25, 0.3) is 10.9 Å². The zero-order valence-electron chi connectivity index (χ0n) is 14.9. The van der Waals surface area contributed by atoms with Crippen molar-refractivity contribution < 1.29 is 14.6 Å². The number of benzene rings is 1. The Hall–Kier alpha value is -1.89. The van der Waals surface area contributed by atoms with Crippen LogP contribution in [0.2, 0.25) is 0 Å². The van der Waals surface area contributed by atoms with Gasteiger partial charge in [0.25, 0.3) is 0 Å². The SMILES string of the molecule is CCn1cc(CN2C[C@@H](CO)[C@H](NC(=O)COC)C2)c2ccccc21. The number of methoxy groups -OCH3 is 1. The molecule has 0 saturated carbocycles. The molecule has 1 aromatic heterocycles. The summed E-state index contributed by atoms with van der Waals surface area (Å²) in [6, 6.07) is 8.41. The lowest BCUT2D eigenvalue weighted by molar-refractivity contribution is -0.125. The Balaban J connectivity index is 1.72. The summed E-state index contributed by atoms with van der Waals surface area (Å²) in [6.45, 7) is 5.56. The van der Waals surface area contributed by atoms with E-state index in [2.05, 4.69) is 52.2 Å². The van der Waals surface area contributed by atoms with Gasteiger partial charge >= 0.3 is 0 Å². The molecular weight excluding hydrogens is 318 g/mol. The molecule has 136 valence electrons. The highest BCUT2D eigenvalue weighted by molar-refractivity contribution is 5.84. The average molecular weight is 345 g/mol. The molecule has 25 heavy (non-hydrogen) atoms. The molecule has 2 N–H and O–H groups in total. The number of aromatic nitrogens is 1. The van der Waals surface area contributed by atoms with Gasteiger partial charge in [-0.05, 0) is 18.6 Å². The normalized spacial score (nSPS) is 21.1. The van der Waals surface area contributed by atoms with Crippen LogP contribution in [-0.4, -0.2) is 59.9 Å². The summed E-state index contributed by atoms with van der Waals surface area (Å²) in [5.41, 5.74) is 2.54. The van der Waals surface area contributed by atoms with Crippen LogP contribution in [-0.2, 0) is 22.6 Å². The third-order valence-electron chi connectivity index (χ3n) is 4.98. The van der Waals surface area contributed by atoms with Crippen LogP contribution in [0.1, 0.15) is 12.5 Å². The van der Waals surface area contributed by atoms with Gasteiger partial charge in [0.15, 0.2) is 0 Å². The summed E-state index contributed by atoms with van der Waals surface area (Å²) in [7, 11) is 1.51. The van der Waals surface area contributed by atoms with Gasteiger partial charge in [0.1, 0.15) is 6.61 Å². The number of aryl methyl sites for hydroxylation is 1. The molecule has 2 heterocycles. The number of ether oxygens (including phenoxy) is 1. The van der Waals surface area contributed by atoms with E-state index in [1.165, 1.54) is 23.6 Å². The lowest BCUT2D eigenvalue weighted by Gasteiger charge is -2.17. The van der Waals surface area contributed by atoms with Gasteiger partial charge in [0.2, 0.25) is 5.91 Å². The molecule has 1 amide bonds. The average Bonchev–Trinajstić information content (AvgIpc) is 3.16. The number of hydrogen-bond donors (Lipinski definition) is 2. The zero-order valence-corrected chi connectivity index (χ0v) is 14.9. The van der Waals surface area contributed by atoms with Crippen molar-refractivity contribution in [1.29, 1.82) is 0 Å². The van der Waals surface area contributed by atoms with Crippen molar-refractivity contribution in [3.63, 3.8) is 0 Å². The Morgan fingerprint density at radius 3 is 2.88 bits per heavy atom. The van der Waals surface area contributed by atoms with Gasteiger partial charge < -0.3 is 19.7 Å². The van der Waals surface area contributed by atoms with E-state index >= 15 is 0 Å². The van der Waals surface area contributed by atoms with Crippen LogP contribution in [0.5, 0.6) is 0 Å². The van der Waals surface area contributed by atoms with E-state index in [1.54, 1.807) is 0 Å². The maximum atomic E-state index is 11.8. The number of para-hydroxylation sites is 1. The molecule has 1 saturated heterocycles. The molecule has 0 aliphatic carbocycles. The van der Waals surface area contributed by atoms with E-state index in [0.29, 0.717) is 0 Å². The van der Waals surface area contributed by atoms with Crippen LogP contribution >= 0.6 is 0 Å². The van der Waals surface area contributed by atoms with E-state index in [0.717, 1.165) is 26.2 Å². The van der Waals surface area contributed by atoms with Crippen LogP contribution < -0.4 is 5.32 Å². The van der Waals surface area contributed by atoms with Crippen molar-refractivity contribution >= 4 is 16.8 Å². The van der Waals surface area contributed by atoms with Gasteiger partial charge in [-0.2, -0.15) is 0 Å². The Bertz CT molecular complexity index is 728. The van der Waals surface area contributed by atoms with Crippen LogP contribution in [0.4, 0.5) is 0 Å². The summed E-state index contributed by atoms with van der Waals surface area (Å²) in [4.78, 5) is 14.1. The predicted molar refractivity (Wildman–Crippen MR) is 97.3 cm³/mol. The maximum absolute atomic E-state index is 11.8. The largest absolute Gasteiger partial charge is 0.396 e. The molecule has 1 aliphatic rings. The smallest absolute Gasteiger partial charge is 0.246 e. The van der Waals surface area contributed by atoms with Crippen LogP contribution in [0.15, 0.2) is 30.5 Å². The Labute approximate surface area is 148 Å². The fourth-order valence-electron chi connectivity index (χ4n) is 3.77. The van der Waals surface area contributed by atoms with E-state index in [9.17, 15) is 9.90 Å². The molecule has 1 aromatic carbocycles. The number of aliphatic hydroxyl groups excluding tert-OH is 1. The van der Waals surface area contributed by atoms with Gasteiger partial charge in [-0.3, -0.25) is 9.69 Å². The van der Waals surface area contributed by atoms with E-state index < -0.39 is 0 Å². The van der Waals surface area contributed by atoms with Crippen LogP contribution in [0.3, 0.4) is 0 Å². The third-order valence-corrected chi connectivity index (χ3v) is 4.98. The van der Waals surface area contributed by atoms with Crippen molar-refractivity contribution in [3.05, 3.63) is 36.0 Å². The molecule has 2 atom stereocenters. The fourth-order valence-corrected chi connectivity index (χ4v) is 3.77. The molecule has 1 aliphatic heterocycles. The fraction of sp³-hybridized carbons (Fsp3) is 0.526. The highest BCUT2D eigenvalue weighted by Crippen LogP contribution is 2.25. The minimum absolute atomic E-state index is 0.0350. The van der Waals surface area contributed by atoms with E-state index in [-0.39, 0.29) is 31.1 Å².